The van der Waals surface area contributed by atoms with Crippen molar-refractivity contribution in [1.29, 1.82) is 0 Å². The molecular weight excluding hydrogens is 401 g/mol. The molecule has 0 aliphatic carbocycles. The van der Waals surface area contributed by atoms with E-state index in [0.29, 0.717) is 17.7 Å². The SMILES string of the molecule is Cc1cc(-c2ccc(NC(=O)C(CC(C)C)c3cccc(C(F)(F)F)c3)cc2)ccn1. The number of anilines is 1. The summed E-state index contributed by atoms with van der Waals surface area (Å²) in [5.41, 5.74) is 3.13. The molecule has 0 fully saturated rings. The van der Waals surface area contributed by atoms with Crippen LogP contribution in [0.25, 0.3) is 11.1 Å². The molecule has 1 heterocycles. The first-order chi connectivity index (χ1) is 14.6. The smallest absolute Gasteiger partial charge is 0.326 e. The lowest BCUT2D eigenvalue weighted by atomic mass is 9.88. The number of benzene rings is 2. The summed E-state index contributed by atoms with van der Waals surface area (Å²) in [4.78, 5) is 17.2. The van der Waals surface area contributed by atoms with Gasteiger partial charge in [-0.25, -0.2) is 0 Å². The molecule has 1 aromatic heterocycles. The van der Waals surface area contributed by atoms with Crippen LogP contribution < -0.4 is 5.32 Å². The normalized spacial score (nSPS) is 12.6. The average Bonchev–Trinajstić information content (AvgIpc) is 2.72. The van der Waals surface area contributed by atoms with E-state index in [1.165, 1.54) is 6.07 Å². The maximum atomic E-state index is 13.1. The molecular formula is C25H25F3N2O. The van der Waals surface area contributed by atoms with Crippen LogP contribution in [0.1, 0.15) is 43.0 Å². The fourth-order valence-electron chi connectivity index (χ4n) is 3.50. The van der Waals surface area contributed by atoms with Crippen molar-refractivity contribution < 1.29 is 18.0 Å². The van der Waals surface area contributed by atoms with Crippen LogP contribution >= 0.6 is 0 Å². The Kier molecular flexibility index (Phi) is 6.78. The van der Waals surface area contributed by atoms with Gasteiger partial charge in [0.15, 0.2) is 0 Å². The van der Waals surface area contributed by atoms with E-state index in [1.54, 1.807) is 24.4 Å². The topological polar surface area (TPSA) is 42.0 Å². The standard InChI is InChI=1S/C25H25F3N2O/c1-16(2)13-23(20-5-4-6-21(15-20)25(26,27)28)24(31)30-22-9-7-18(8-10-22)19-11-12-29-17(3)14-19/h4-12,14-16,23H,13H2,1-3H3,(H,30,31). The number of rotatable bonds is 6. The van der Waals surface area contributed by atoms with E-state index < -0.39 is 17.7 Å². The highest BCUT2D eigenvalue weighted by atomic mass is 19.4. The van der Waals surface area contributed by atoms with Gasteiger partial charge in [-0.3, -0.25) is 9.78 Å². The maximum Gasteiger partial charge on any atom is 0.416 e. The Morgan fingerprint density at radius 1 is 1.00 bits per heavy atom. The summed E-state index contributed by atoms with van der Waals surface area (Å²) in [6, 6.07) is 16.3. The number of amides is 1. The minimum Gasteiger partial charge on any atom is -0.326 e. The number of pyridine rings is 1. The number of nitrogens with zero attached hydrogens (tertiary/aromatic N) is 1. The van der Waals surface area contributed by atoms with E-state index in [4.69, 9.17) is 0 Å². The quantitative estimate of drug-likeness (QED) is 0.469. The first-order valence-corrected chi connectivity index (χ1v) is 10.1. The first-order valence-electron chi connectivity index (χ1n) is 10.1. The molecule has 0 spiro atoms. The van der Waals surface area contributed by atoms with E-state index in [2.05, 4.69) is 10.3 Å². The molecule has 0 radical (unpaired) electrons. The van der Waals surface area contributed by atoms with Gasteiger partial charge in [-0.05, 0) is 66.3 Å². The Morgan fingerprint density at radius 3 is 2.32 bits per heavy atom. The van der Waals surface area contributed by atoms with Crippen LogP contribution in [0.4, 0.5) is 18.9 Å². The van der Waals surface area contributed by atoms with Crippen molar-refractivity contribution in [2.75, 3.05) is 5.32 Å². The highest BCUT2D eigenvalue weighted by Crippen LogP contribution is 2.33. The van der Waals surface area contributed by atoms with Crippen LogP contribution in [0.5, 0.6) is 0 Å². The van der Waals surface area contributed by atoms with Gasteiger partial charge in [-0.2, -0.15) is 13.2 Å². The molecule has 0 aliphatic heterocycles. The summed E-state index contributed by atoms with van der Waals surface area (Å²) < 4.78 is 39.4. The highest BCUT2D eigenvalue weighted by molar-refractivity contribution is 5.96. The number of halogens is 3. The molecule has 3 aromatic rings. The van der Waals surface area contributed by atoms with Crippen molar-refractivity contribution in [2.24, 2.45) is 5.92 Å². The van der Waals surface area contributed by atoms with Crippen molar-refractivity contribution >= 4 is 11.6 Å². The van der Waals surface area contributed by atoms with Crippen LogP contribution in [0.15, 0.2) is 66.9 Å². The number of carbonyl (C=O) groups excluding carboxylic acids is 1. The van der Waals surface area contributed by atoms with Crippen LogP contribution in [-0.4, -0.2) is 10.9 Å². The third-order valence-electron chi connectivity index (χ3n) is 5.02. The molecule has 1 unspecified atom stereocenters. The maximum absolute atomic E-state index is 13.1. The molecule has 3 nitrogen and oxygen atoms in total. The summed E-state index contributed by atoms with van der Waals surface area (Å²) >= 11 is 0. The van der Waals surface area contributed by atoms with Crippen LogP contribution in [-0.2, 0) is 11.0 Å². The van der Waals surface area contributed by atoms with E-state index in [0.717, 1.165) is 29.0 Å². The van der Waals surface area contributed by atoms with E-state index in [9.17, 15) is 18.0 Å². The first kappa shape index (κ1) is 22.5. The van der Waals surface area contributed by atoms with Crippen molar-refractivity contribution in [3.8, 4) is 11.1 Å². The molecule has 1 amide bonds. The second kappa shape index (κ2) is 9.33. The number of nitrogens with one attached hydrogen (secondary N) is 1. The van der Waals surface area contributed by atoms with Crippen LogP contribution in [0, 0.1) is 12.8 Å². The van der Waals surface area contributed by atoms with Gasteiger partial charge in [0, 0.05) is 17.6 Å². The molecule has 6 heteroatoms. The Hall–Kier alpha value is -3.15. The molecule has 1 N–H and O–H groups in total. The lowest BCUT2D eigenvalue weighted by molar-refractivity contribution is -0.137. The summed E-state index contributed by atoms with van der Waals surface area (Å²) in [6.45, 7) is 5.81. The van der Waals surface area contributed by atoms with E-state index in [1.807, 2.05) is 45.0 Å². The largest absolute Gasteiger partial charge is 0.416 e. The Balaban J connectivity index is 1.81. The van der Waals surface area contributed by atoms with Crippen LogP contribution in [0.2, 0.25) is 0 Å². The summed E-state index contributed by atoms with van der Waals surface area (Å²) in [5, 5.41) is 2.86. The Morgan fingerprint density at radius 2 is 1.71 bits per heavy atom. The van der Waals surface area contributed by atoms with Crippen molar-refractivity contribution in [3.63, 3.8) is 0 Å². The van der Waals surface area contributed by atoms with E-state index in [-0.39, 0.29) is 11.8 Å². The predicted molar refractivity (Wildman–Crippen MR) is 117 cm³/mol. The minimum absolute atomic E-state index is 0.141. The predicted octanol–water partition coefficient (Wildman–Crippen LogP) is 6.84. The van der Waals surface area contributed by atoms with Gasteiger partial charge in [-0.1, -0.05) is 44.2 Å². The number of aromatic nitrogens is 1. The fraction of sp³-hybridized carbons (Fsp3) is 0.280. The minimum atomic E-state index is -4.45. The van der Waals surface area contributed by atoms with Crippen molar-refractivity contribution in [1.82, 2.24) is 4.98 Å². The average molecular weight is 426 g/mol. The Bertz CT molecular complexity index is 1040. The zero-order chi connectivity index (χ0) is 22.6. The van der Waals surface area contributed by atoms with Gasteiger partial charge in [-0.15, -0.1) is 0 Å². The molecule has 0 aliphatic rings. The molecule has 0 saturated carbocycles. The number of aryl methyl sites for hydroxylation is 1. The molecule has 3 rings (SSSR count). The summed E-state index contributed by atoms with van der Waals surface area (Å²) in [5.74, 6) is -0.854. The summed E-state index contributed by atoms with van der Waals surface area (Å²) in [6.07, 6.45) is -2.26. The molecule has 0 saturated heterocycles. The van der Waals surface area contributed by atoms with Gasteiger partial charge in [0.1, 0.15) is 0 Å². The fourth-order valence-corrected chi connectivity index (χ4v) is 3.50. The van der Waals surface area contributed by atoms with Gasteiger partial charge in [0.05, 0.1) is 11.5 Å². The van der Waals surface area contributed by atoms with Crippen molar-refractivity contribution in [2.45, 2.75) is 39.3 Å². The van der Waals surface area contributed by atoms with Crippen molar-refractivity contribution in [3.05, 3.63) is 83.7 Å². The molecule has 2 aromatic carbocycles. The monoisotopic (exact) mass is 426 g/mol. The second-order valence-electron chi connectivity index (χ2n) is 8.06. The second-order valence-corrected chi connectivity index (χ2v) is 8.06. The number of carbonyl (C=O) groups is 1. The van der Waals surface area contributed by atoms with Gasteiger partial charge < -0.3 is 5.32 Å². The molecule has 0 bridgehead atoms. The zero-order valence-corrected chi connectivity index (χ0v) is 17.7. The third kappa shape index (κ3) is 5.94. The van der Waals surface area contributed by atoms with Gasteiger partial charge in [0.25, 0.3) is 0 Å². The summed E-state index contributed by atoms with van der Waals surface area (Å²) in [7, 11) is 0. The van der Waals surface area contributed by atoms with Crippen LogP contribution in [0.3, 0.4) is 0 Å². The van der Waals surface area contributed by atoms with Gasteiger partial charge >= 0.3 is 6.18 Å². The molecule has 162 valence electrons. The number of alkyl halides is 3. The Labute approximate surface area is 180 Å². The van der Waals surface area contributed by atoms with Gasteiger partial charge in [0.2, 0.25) is 5.91 Å². The zero-order valence-electron chi connectivity index (χ0n) is 17.7. The van der Waals surface area contributed by atoms with E-state index >= 15 is 0 Å². The highest BCUT2D eigenvalue weighted by Gasteiger charge is 2.32. The lowest BCUT2D eigenvalue weighted by Gasteiger charge is -2.20. The third-order valence-corrected chi connectivity index (χ3v) is 5.02. The molecule has 31 heavy (non-hydrogen) atoms. The number of hydrogen-bond acceptors (Lipinski definition) is 2. The lowest BCUT2D eigenvalue weighted by Crippen LogP contribution is -2.23. The number of hydrogen-bond donors (Lipinski definition) is 1. The molecule has 1 atom stereocenters.